The molecule has 2 atom stereocenters. The average Bonchev–Trinajstić information content (AvgIpc) is 3.76. The number of rotatable bonds is 17. The molecule has 1 aromatic heterocycles. The van der Waals surface area contributed by atoms with Crippen LogP contribution in [0.5, 0.6) is 0 Å². The quantitative estimate of drug-likeness (QED) is 0.132. The molecule has 1 heterocycles. The molecule has 0 aliphatic heterocycles. The summed E-state index contributed by atoms with van der Waals surface area (Å²) in [5, 5.41) is 8.79. The van der Waals surface area contributed by atoms with E-state index in [1.807, 2.05) is 44.1 Å². The van der Waals surface area contributed by atoms with Crippen molar-refractivity contribution in [1.82, 2.24) is 15.5 Å². The van der Waals surface area contributed by atoms with E-state index in [0.717, 1.165) is 67.6 Å². The highest BCUT2D eigenvalue weighted by Crippen LogP contribution is 2.45. The number of carbonyl (C=O) groups is 1. The van der Waals surface area contributed by atoms with Gasteiger partial charge in [-0.15, -0.1) is 11.3 Å². The summed E-state index contributed by atoms with van der Waals surface area (Å²) in [6.45, 7) is 24.4. The predicted molar refractivity (Wildman–Crippen MR) is 205 cm³/mol. The van der Waals surface area contributed by atoms with E-state index in [1.165, 1.54) is 36.0 Å². The molecule has 0 spiro atoms. The van der Waals surface area contributed by atoms with Crippen LogP contribution in [0.1, 0.15) is 123 Å². The Balaban J connectivity index is 0.000000578. The van der Waals surface area contributed by atoms with Crippen LogP contribution < -0.4 is 10.6 Å². The fraction of sp³-hybridized carbons (Fsp3) is 0.585. The Morgan fingerprint density at radius 2 is 1.70 bits per heavy atom. The van der Waals surface area contributed by atoms with Crippen LogP contribution >= 0.6 is 11.3 Å². The van der Waals surface area contributed by atoms with Crippen molar-refractivity contribution < 1.29 is 4.79 Å². The van der Waals surface area contributed by atoms with Crippen molar-refractivity contribution in [2.24, 2.45) is 11.8 Å². The maximum Gasteiger partial charge on any atom is 0.254 e. The second kappa shape index (κ2) is 23.7. The molecular weight excluding hydrogens is 583 g/mol. The van der Waals surface area contributed by atoms with Gasteiger partial charge in [-0.05, 0) is 127 Å². The molecule has 258 valence electrons. The van der Waals surface area contributed by atoms with Crippen LogP contribution in [0, 0.1) is 18.8 Å². The number of hydrogen-bond donors (Lipinski definition) is 2. The zero-order valence-electron chi connectivity index (χ0n) is 31.3. The van der Waals surface area contributed by atoms with Crippen molar-refractivity contribution in [3.63, 3.8) is 0 Å². The van der Waals surface area contributed by atoms with Crippen LogP contribution in [0.4, 0.5) is 0 Å². The molecule has 2 unspecified atom stereocenters. The standard InChI is InChI=1S/C28H44N2O.C11H17NS.C2H6/c1-9-21(4)16-17-30(20-26-14-12-23(6)13-15-26)28(31)27(18-22(5)10-2)24(7)19-25(8)29-11-3;1-12-7-6-10(9-4-5-9)11-3-2-8-13-11;1-2/h12-15,18-19,21,29H,9-11,16-17,20H2,1-8H3;2-3,8-10,12H,4-7H2,1H3;1-2H3/b22-18-,25-19+,27-24+;;. The SMILES string of the molecule is CC.CCN/C(C)=C/C(C)=C(\C=C(\C)CC)C(=O)N(CCC(C)CC)Cc1ccc(C)cc1.CNCCC(c1cccs1)C1CC1. The van der Waals surface area contributed by atoms with Crippen LogP contribution in [-0.2, 0) is 11.3 Å². The first-order chi connectivity index (χ1) is 22.1. The van der Waals surface area contributed by atoms with Gasteiger partial charge in [-0.2, -0.15) is 0 Å². The zero-order valence-corrected chi connectivity index (χ0v) is 32.1. The van der Waals surface area contributed by atoms with Crippen LogP contribution in [-0.4, -0.2) is 37.5 Å². The van der Waals surface area contributed by atoms with Gasteiger partial charge in [-0.3, -0.25) is 4.79 Å². The molecule has 2 N–H and O–H groups in total. The van der Waals surface area contributed by atoms with Crippen molar-refractivity contribution in [2.45, 2.75) is 120 Å². The third kappa shape index (κ3) is 15.8. The largest absolute Gasteiger partial charge is 0.389 e. The third-order valence-corrected chi connectivity index (χ3v) is 9.67. The average molecular weight is 650 g/mol. The number of allylic oxidation sites excluding steroid dienone is 4. The number of amides is 1. The Labute approximate surface area is 287 Å². The van der Waals surface area contributed by atoms with E-state index in [-0.39, 0.29) is 5.91 Å². The first-order valence-corrected chi connectivity index (χ1v) is 18.8. The third-order valence-electron chi connectivity index (χ3n) is 8.67. The van der Waals surface area contributed by atoms with Gasteiger partial charge in [0.1, 0.15) is 0 Å². The highest BCUT2D eigenvalue weighted by Gasteiger charge is 2.32. The minimum atomic E-state index is 0.120. The molecule has 4 nitrogen and oxygen atoms in total. The molecule has 1 fully saturated rings. The van der Waals surface area contributed by atoms with Gasteiger partial charge in [0.05, 0.1) is 0 Å². The second-order valence-electron chi connectivity index (χ2n) is 12.7. The van der Waals surface area contributed by atoms with E-state index in [9.17, 15) is 4.79 Å². The van der Waals surface area contributed by atoms with Crippen LogP contribution in [0.25, 0.3) is 0 Å². The van der Waals surface area contributed by atoms with E-state index < -0.39 is 0 Å². The molecule has 1 aromatic carbocycles. The lowest BCUT2D eigenvalue weighted by Gasteiger charge is -2.26. The molecular formula is C41H67N3OS. The highest BCUT2D eigenvalue weighted by molar-refractivity contribution is 7.10. The van der Waals surface area contributed by atoms with Crippen molar-refractivity contribution in [3.05, 3.63) is 92.4 Å². The lowest BCUT2D eigenvalue weighted by molar-refractivity contribution is -0.127. The van der Waals surface area contributed by atoms with Gasteiger partial charge in [-0.1, -0.05) is 88.6 Å². The van der Waals surface area contributed by atoms with E-state index in [2.05, 4.69) is 113 Å². The van der Waals surface area contributed by atoms with Gasteiger partial charge in [0.2, 0.25) is 0 Å². The van der Waals surface area contributed by atoms with Gasteiger partial charge in [0, 0.05) is 35.8 Å². The number of carbonyl (C=O) groups excluding carboxylic acids is 1. The number of aryl methyl sites for hydroxylation is 1. The topological polar surface area (TPSA) is 44.4 Å². The highest BCUT2D eigenvalue weighted by atomic mass is 32.1. The summed E-state index contributed by atoms with van der Waals surface area (Å²) in [6.07, 6.45) is 11.5. The molecule has 3 rings (SSSR count). The maximum absolute atomic E-state index is 13.8. The van der Waals surface area contributed by atoms with Crippen molar-refractivity contribution in [1.29, 1.82) is 0 Å². The number of nitrogens with zero attached hydrogens (tertiary/aromatic N) is 1. The van der Waals surface area contributed by atoms with Gasteiger partial charge < -0.3 is 15.5 Å². The number of nitrogens with one attached hydrogen (secondary N) is 2. The molecule has 5 heteroatoms. The smallest absolute Gasteiger partial charge is 0.254 e. The number of benzene rings is 1. The number of thiophene rings is 1. The summed E-state index contributed by atoms with van der Waals surface area (Å²) in [7, 11) is 2.04. The Hall–Kier alpha value is -2.63. The summed E-state index contributed by atoms with van der Waals surface area (Å²) in [6, 6.07) is 13.0. The van der Waals surface area contributed by atoms with Crippen molar-refractivity contribution >= 4 is 17.2 Å². The Morgan fingerprint density at radius 3 is 2.22 bits per heavy atom. The number of hydrogen-bond acceptors (Lipinski definition) is 4. The maximum atomic E-state index is 13.8. The summed E-state index contributed by atoms with van der Waals surface area (Å²) in [5.74, 6) is 2.56. The minimum absolute atomic E-state index is 0.120. The van der Waals surface area contributed by atoms with Gasteiger partial charge >= 0.3 is 0 Å². The Kier molecular flexibility index (Phi) is 21.3. The van der Waals surface area contributed by atoms with E-state index in [1.54, 1.807) is 4.88 Å². The van der Waals surface area contributed by atoms with Crippen molar-refractivity contribution in [2.75, 3.05) is 26.7 Å². The summed E-state index contributed by atoms with van der Waals surface area (Å²) in [5.41, 5.74) is 6.52. The lowest BCUT2D eigenvalue weighted by atomic mass is 9.98. The molecule has 2 aromatic rings. The molecule has 0 bridgehead atoms. The normalized spacial score (nSPS) is 15.0. The zero-order chi connectivity index (χ0) is 34.5. The molecule has 1 aliphatic rings. The first kappa shape index (κ1) is 41.4. The molecule has 46 heavy (non-hydrogen) atoms. The molecule has 0 radical (unpaired) electrons. The van der Waals surface area contributed by atoms with Gasteiger partial charge in [-0.25, -0.2) is 0 Å². The molecule has 1 aliphatic carbocycles. The van der Waals surface area contributed by atoms with Crippen molar-refractivity contribution in [3.8, 4) is 0 Å². The Morgan fingerprint density at radius 1 is 1.02 bits per heavy atom. The van der Waals surface area contributed by atoms with Gasteiger partial charge in [0.15, 0.2) is 0 Å². The predicted octanol–water partition coefficient (Wildman–Crippen LogP) is 10.8. The van der Waals surface area contributed by atoms with E-state index in [4.69, 9.17) is 0 Å². The summed E-state index contributed by atoms with van der Waals surface area (Å²) in [4.78, 5) is 17.5. The van der Waals surface area contributed by atoms with Crippen LogP contribution in [0.3, 0.4) is 0 Å². The van der Waals surface area contributed by atoms with Gasteiger partial charge in [0.25, 0.3) is 5.91 Å². The molecule has 0 saturated heterocycles. The molecule has 1 amide bonds. The summed E-state index contributed by atoms with van der Waals surface area (Å²) < 4.78 is 0. The fourth-order valence-electron chi connectivity index (χ4n) is 5.25. The summed E-state index contributed by atoms with van der Waals surface area (Å²) >= 11 is 1.92. The Bertz CT molecular complexity index is 1190. The van der Waals surface area contributed by atoms with E-state index >= 15 is 0 Å². The lowest BCUT2D eigenvalue weighted by Crippen LogP contribution is -2.33. The first-order valence-electron chi connectivity index (χ1n) is 18.0. The monoisotopic (exact) mass is 650 g/mol. The molecule has 1 saturated carbocycles. The minimum Gasteiger partial charge on any atom is -0.389 e. The van der Waals surface area contributed by atoms with E-state index in [0.29, 0.717) is 12.5 Å². The fourth-order valence-corrected chi connectivity index (χ4v) is 6.21. The van der Waals surface area contributed by atoms with Crippen LogP contribution in [0.2, 0.25) is 0 Å². The second-order valence-corrected chi connectivity index (χ2v) is 13.6. The van der Waals surface area contributed by atoms with Crippen LogP contribution in [0.15, 0.2) is 76.3 Å².